The number of aryl methyl sites for hydroxylation is 3. The second-order valence-corrected chi connectivity index (χ2v) is 39.8. The highest BCUT2D eigenvalue weighted by Gasteiger charge is 2.33. The smallest absolute Gasteiger partial charge is 0.336 e. The van der Waals surface area contributed by atoms with Crippen LogP contribution in [0.3, 0.4) is 0 Å². The molecule has 0 saturated carbocycles. The molecule has 0 amide bonds. The number of hydrogen-bond donors (Lipinski definition) is 6. The van der Waals surface area contributed by atoms with E-state index in [1.807, 2.05) is 260 Å². The second kappa shape index (κ2) is 33.3. The van der Waals surface area contributed by atoms with E-state index in [0.29, 0.717) is 52.6 Å². The monoisotopic (exact) mass is 1530 g/mol. The van der Waals surface area contributed by atoms with Crippen LogP contribution in [0.4, 0.5) is 0 Å². The van der Waals surface area contributed by atoms with Gasteiger partial charge in [-0.2, -0.15) is 0 Å². The maximum atomic E-state index is 14.5. The van der Waals surface area contributed by atoms with Crippen LogP contribution >= 0.6 is 0 Å². The Bertz CT molecular complexity index is 4190. The lowest BCUT2D eigenvalue weighted by molar-refractivity contribution is -0.144. The third kappa shape index (κ3) is 22.4. The minimum atomic E-state index is -1.06. The summed E-state index contributed by atoms with van der Waals surface area (Å²) in [4.78, 5) is 84.6. The first-order valence-electron chi connectivity index (χ1n) is 39.3. The average Bonchev–Trinajstić information content (AvgIpc) is 0.757. The molecule has 0 radical (unpaired) electrons. The first-order chi connectivity index (χ1) is 50.7. The number of aromatic hydroxyl groups is 6. The fraction of sp³-hybridized carbons (Fsp3) is 0.548. The van der Waals surface area contributed by atoms with Crippen LogP contribution < -0.4 is 17.1 Å². The van der Waals surface area contributed by atoms with Crippen molar-refractivity contribution in [2.75, 3.05) is 19.8 Å². The number of benzene rings is 6. The van der Waals surface area contributed by atoms with Crippen molar-refractivity contribution < 1.29 is 59.2 Å². The SMILES string of the molecule is CC(C)(C)c1cc(CCC(=O)OCCn2c(=O)n(CCOC(=O)CCc3cc(Cc4cc(C(C)(C)C)c(O)c(C(C)(C)C)c4)c(O)c(C(C)(C)C)c3)c(=O)n(CCOC(=O)CCc3cc(Cc4cc(C(C)(C)C)c(O)c(C(C)(C)C)c4)c(O)c(C(C)(C)C)c3)c2=O)cc(Cc2cc(C(C)(C)C)c(O)c(C(C)(C)C)c2)c1O. The molecule has 0 bridgehead atoms. The molecule has 18 nitrogen and oxygen atoms in total. The van der Waals surface area contributed by atoms with Crippen LogP contribution in [-0.2, 0) is 135 Å². The number of esters is 3. The quantitative estimate of drug-likeness (QED) is 0.0243. The molecule has 0 aliphatic heterocycles. The lowest BCUT2D eigenvalue weighted by atomic mass is 9.77. The normalized spacial score (nSPS) is 12.9. The van der Waals surface area contributed by atoms with Gasteiger partial charge in [0.15, 0.2) is 0 Å². The Hall–Kier alpha value is -9.06. The lowest BCUT2D eigenvalue weighted by Gasteiger charge is -2.28. The molecule has 0 saturated heterocycles. The Balaban J connectivity index is 1.13. The second-order valence-electron chi connectivity index (χ2n) is 39.8. The zero-order valence-electron chi connectivity index (χ0n) is 71.7. The molecule has 6 aromatic carbocycles. The Kier molecular flexibility index (Phi) is 26.8. The fourth-order valence-corrected chi connectivity index (χ4v) is 14.3. The van der Waals surface area contributed by atoms with Crippen molar-refractivity contribution in [1.82, 2.24) is 13.7 Å². The minimum Gasteiger partial charge on any atom is -0.507 e. The van der Waals surface area contributed by atoms with Gasteiger partial charge in [0.2, 0.25) is 0 Å². The summed E-state index contributed by atoms with van der Waals surface area (Å²) in [6.07, 6.45) is 1.29. The highest BCUT2D eigenvalue weighted by atomic mass is 16.5. The predicted octanol–water partition coefficient (Wildman–Crippen LogP) is 17.4. The van der Waals surface area contributed by atoms with E-state index in [4.69, 9.17) is 14.2 Å². The van der Waals surface area contributed by atoms with Gasteiger partial charge in [0.05, 0.1) is 19.6 Å². The number of phenolic OH excluding ortho intramolecular Hbond substituents is 6. The number of nitrogens with zero attached hydrogens (tertiary/aromatic N) is 3. The van der Waals surface area contributed by atoms with Crippen LogP contribution in [0.2, 0.25) is 0 Å². The molecule has 0 fully saturated rings. The Morgan fingerprint density at radius 3 is 0.595 bits per heavy atom. The van der Waals surface area contributed by atoms with Crippen molar-refractivity contribution in [3.63, 3.8) is 0 Å². The first kappa shape index (κ1) is 89.1. The van der Waals surface area contributed by atoms with Crippen molar-refractivity contribution in [3.05, 3.63) is 204 Å². The van der Waals surface area contributed by atoms with E-state index in [-0.39, 0.29) is 106 Å². The van der Waals surface area contributed by atoms with Gasteiger partial charge >= 0.3 is 35.0 Å². The van der Waals surface area contributed by atoms with E-state index < -0.39 is 90.7 Å². The van der Waals surface area contributed by atoms with Crippen molar-refractivity contribution >= 4 is 17.9 Å². The summed E-state index contributed by atoms with van der Waals surface area (Å²) < 4.78 is 19.4. The van der Waals surface area contributed by atoms with E-state index in [0.717, 1.165) is 80.5 Å². The number of ether oxygens (including phenoxy) is 3. The Morgan fingerprint density at radius 2 is 0.423 bits per heavy atom. The number of hydrogen-bond acceptors (Lipinski definition) is 15. The zero-order valence-corrected chi connectivity index (χ0v) is 71.7. The van der Waals surface area contributed by atoms with Crippen LogP contribution in [0.15, 0.2) is 87.2 Å². The van der Waals surface area contributed by atoms with Gasteiger partial charge in [-0.1, -0.05) is 260 Å². The van der Waals surface area contributed by atoms with Crippen molar-refractivity contribution in [2.45, 2.75) is 313 Å². The first-order valence-corrected chi connectivity index (χ1v) is 39.3. The molecule has 0 aliphatic carbocycles. The van der Waals surface area contributed by atoms with Gasteiger partial charge in [-0.15, -0.1) is 0 Å². The molecule has 18 heteroatoms. The van der Waals surface area contributed by atoms with E-state index in [2.05, 4.69) is 0 Å². The third-order valence-electron chi connectivity index (χ3n) is 20.7. The molecule has 0 atom stereocenters. The molecule has 0 spiro atoms. The number of carbonyl (C=O) groups is 3. The highest BCUT2D eigenvalue weighted by Crippen LogP contribution is 2.46. The zero-order chi connectivity index (χ0) is 83.8. The summed E-state index contributed by atoms with van der Waals surface area (Å²) in [6, 6.07) is 23.1. The highest BCUT2D eigenvalue weighted by molar-refractivity contribution is 5.71. The number of aromatic nitrogens is 3. The summed E-state index contributed by atoms with van der Waals surface area (Å²) in [7, 11) is 0. The summed E-state index contributed by atoms with van der Waals surface area (Å²) in [5, 5.41) is 70.1. The third-order valence-corrected chi connectivity index (χ3v) is 20.7. The van der Waals surface area contributed by atoms with E-state index in [1.165, 1.54) is 0 Å². The molecule has 1 aromatic heterocycles. The maximum Gasteiger partial charge on any atom is 0.336 e. The topological polar surface area (TPSA) is 266 Å². The van der Waals surface area contributed by atoms with Crippen molar-refractivity contribution in [2.24, 2.45) is 0 Å². The number of phenols is 6. The van der Waals surface area contributed by atoms with E-state index in [1.54, 1.807) is 0 Å². The van der Waals surface area contributed by atoms with Gasteiger partial charge in [0.25, 0.3) is 0 Å². The van der Waals surface area contributed by atoms with Gasteiger partial charge in [0, 0.05) is 38.5 Å². The van der Waals surface area contributed by atoms with Crippen molar-refractivity contribution in [1.29, 1.82) is 0 Å². The molecule has 0 unspecified atom stereocenters. The molecule has 6 N–H and O–H groups in total. The summed E-state index contributed by atoms with van der Waals surface area (Å²) in [5.74, 6) is -0.800. The van der Waals surface area contributed by atoms with Crippen LogP contribution in [0.1, 0.15) is 306 Å². The minimum absolute atomic E-state index is 0.116. The van der Waals surface area contributed by atoms with Crippen LogP contribution in [0.5, 0.6) is 34.5 Å². The summed E-state index contributed by atoms with van der Waals surface area (Å²) in [6.45, 7) is 51.9. The molecule has 606 valence electrons. The van der Waals surface area contributed by atoms with Gasteiger partial charge in [-0.25, -0.2) is 28.1 Å². The largest absolute Gasteiger partial charge is 0.507 e. The van der Waals surface area contributed by atoms with Crippen LogP contribution in [-0.4, -0.2) is 82.1 Å². The van der Waals surface area contributed by atoms with Gasteiger partial charge < -0.3 is 44.8 Å². The standard InChI is InChI=1S/C93H129N3O15/c1-85(2,3)64-46-55(40-61(76(64)100)43-58-49-67(88(10,11)12)79(103)68(50-58)89(13,14)15)28-31-73(97)109-37-34-94-82(106)95(35-38-110-74(98)32-29-56-41-62(77(101)65(47-56)86(4,5)6)44-59-51-69(90(16,17)18)80(104)70(52-59)91(19,20)21)84(108)96(83(94)107)36-39-111-75(99)33-30-57-42-63(78(102)66(48-57)87(7,8)9)45-60-53-71(92(22,23)24)81(105)72(54-60)93(25,26)27/h40-42,46-54,100-105H,28-39,43-45H2,1-27H3. The van der Waals surface area contributed by atoms with Crippen molar-refractivity contribution in [3.8, 4) is 34.5 Å². The average molecular weight is 1530 g/mol. The summed E-state index contributed by atoms with van der Waals surface area (Å²) >= 11 is 0. The Labute approximate surface area is 659 Å². The van der Waals surface area contributed by atoms with E-state index >= 15 is 0 Å². The number of rotatable bonds is 24. The Morgan fingerprint density at radius 1 is 0.261 bits per heavy atom. The van der Waals surface area contributed by atoms with Crippen LogP contribution in [0.25, 0.3) is 0 Å². The number of carbonyl (C=O) groups excluding carboxylic acids is 3. The molecular weight excluding hydrogens is 1400 g/mol. The molecule has 7 rings (SSSR count). The fourth-order valence-electron chi connectivity index (χ4n) is 14.3. The predicted molar refractivity (Wildman–Crippen MR) is 442 cm³/mol. The molecule has 111 heavy (non-hydrogen) atoms. The van der Waals surface area contributed by atoms with Gasteiger partial charge in [-0.3, -0.25) is 14.4 Å². The van der Waals surface area contributed by atoms with Gasteiger partial charge in [0.1, 0.15) is 54.3 Å². The molecule has 7 aromatic rings. The molecule has 1 heterocycles. The molecular formula is C93H129N3O15. The van der Waals surface area contributed by atoms with Crippen LogP contribution in [0, 0.1) is 0 Å². The lowest BCUT2D eigenvalue weighted by Crippen LogP contribution is -2.55. The van der Waals surface area contributed by atoms with Gasteiger partial charge in [-0.05, 0) is 168 Å². The molecule has 0 aliphatic rings. The van der Waals surface area contributed by atoms with E-state index in [9.17, 15) is 59.4 Å². The maximum absolute atomic E-state index is 14.5. The summed E-state index contributed by atoms with van der Waals surface area (Å²) in [5.41, 5.74) is 6.70.